The van der Waals surface area contributed by atoms with Gasteiger partial charge in [0.2, 0.25) is 0 Å². The van der Waals surface area contributed by atoms with E-state index in [4.69, 9.17) is 0 Å². The Labute approximate surface area is 168 Å². The molecule has 2 aliphatic heterocycles. The zero-order valence-corrected chi connectivity index (χ0v) is 16.4. The molecule has 0 aliphatic carbocycles. The third-order valence-electron chi connectivity index (χ3n) is 5.53. The lowest BCUT2D eigenvalue weighted by atomic mass is 10.1. The number of likely N-dealkylation sites (N-methyl/N-ethyl adjacent to an activating group) is 1. The van der Waals surface area contributed by atoms with Crippen LogP contribution in [0.4, 0.5) is 20.4 Å². The summed E-state index contributed by atoms with van der Waals surface area (Å²) in [5, 5.41) is 8.71. The molecule has 1 aromatic heterocycles. The zero-order chi connectivity index (χ0) is 20.4. The van der Waals surface area contributed by atoms with E-state index in [1.807, 2.05) is 17.0 Å². The highest BCUT2D eigenvalue weighted by Crippen LogP contribution is 2.20. The molecular weight excluding hydrogens is 378 g/mol. The van der Waals surface area contributed by atoms with Crippen molar-refractivity contribution in [1.82, 2.24) is 20.0 Å². The van der Waals surface area contributed by atoms with Crippen molar-refractivity contribution < 1.29 is 13.6 Å². The second-order valence-corrected chi connectivity index (χ2v) is 7.42. The van der Waals surface area contributed by atoms with Gasteiger partial charge in [-0.05, 0) is 31.3 Å². The van der Waals surface area contributed by atoms with Crippen molar-refractivity contribution in [2.24, 2.45) is 0 Å². The molecule has 0 N–H and O–H groups in total. The monoisotopic (exact) mass is 402 g/mol. The van der Waals surface area contributed by atoms with Gasteiger partial charge in [0.1, 0.15) is 17.2 Å². The number of carbonyl (C=O) groups excluding carboxylic acids is 1. The van der Waals surface area contributed by atoms with E-state index in [9.17, 15) is 13.6 Å². The minimum atomic E-state index is -0.831. The molecule has 9 heteroatoms. The topological polar surface area (TPSA) is 55.8 Å². The lowest BCUT2D eigenvalue weighted by Crippen LogP contribution is -2.49. The highest BCUT2D eigenvalue weighted by Gasteiger charge is 2.27. The van der Waals surface area contributed by atoms with E-state index in [2.05, 4.69) is 27.0 Å². The fourth-order valence-electron chi connectivity index (χ4n) is 3.69. The van der Waals surface area contributed by atoms with Gasteiger partial charge in [-0.2, -0.15) is 0 Å². The third kappa shape index (κ3) is 4.14. The average Bonchev–Trinajstić information content (AvgIpc) is 2.74. The number of amides is 1. The predicted molar refractivity (Wildman–Crippen MR) is 106 cm³/mol. The Morgan fingerprint density at radius 2 is 1.28 bits per heavy atom. The number of anilines is 2. The Morgan fingerprint density at radius 1 is 0.793 bits per heavy atom. The molecule has 2 saturated heterocycles. The molecule has 2 aromatic rings. The first-order valence-electron chi connectivity index (χ1n) is 9.78. The summed E-state index contributed by atoms with van der Waals surface area (Å²) in [5.74, 6) is -0.667. The molecule has 2 aliphatic rings. The van der Waals surface area contributed by atoms with Gasteiger partial charge in [0.15, 0.2) is 11.6 Å². The number of benzene rings is 1. The van der Waals surface area contributed by atoms with Gasteiger partial charge in [-0.3, -0.25) is 4.79 Å². The van der Waals surface area contributed by atoms with Gasteiger partial charge < -0.3 is 19.6 Å². The van der Waals surface area contributed by atoms with Crippen LogP contribution in [-0.4, -0.2) is 85.3 Å². The maximum Gasteiger partial charge on any atom is 0.259 e. The van der Waals surface area contributed by atoms with Crippen molar-refractivity contribution in [2.75, 3.05) is 69.2 Å². The van der Waals surface area contributed by atoms with E-state index in [0.717, 1.165) is 49.9 Å². The molecule has 7 nitrogen and oxygen atoms in total. The molecule has 154 valence electrons. The second kappa shape index (κ2) is 8.28. The van der Waals surface area contributed by atoms with Crippen LogP contribution in [0.3, 0.4) is 0 Å². The molecule has 2 fully saturated rings. The van der Waals surface area contributed by atoms with Gasteiger partial charge >= 0.3 is 0 Å². The Morgan fingerprint density at radius 3 is 1.76 bits per heavy atom. The summed E-state index contributed by atoms with van der Waals surface area (Å²) in [4.78, 5) is 20.5. The number of piperazine rings is 2. The number of carbonyl (C=O) groups is 1. The Bertz CT molecular complexity index is 842. The highest BCUT2D eigenvalue weighted by atomic mass is 19.1. The Kier molecular flexibility index (Phi) is 5.57. The summed E-state index contributed by atoms with van der Waals surface area (Å²) in [5.41, 5.74) is -0.489. The van der Waals surface area contributed by atoms with Crippen molar-refractivity contribution in [2.45, 2.75) is 0 Å². The minimum Gasteiger partial charge on any atom is -0.353 e. The summed E-state index contributed by atoms with van der Waals surface area (Å²) in [6.45, 7) is 5.66. The van der Waals surface area contributed by atoms with Crippen LogP contribution in [0.1, 0.15) is 10.4 Å². The highest BCUT2D eigenvalue weighted by molar-refractivity contribution is 5.95. The van der Waals surface area contributed by atoms with E-state index in [1.165, 1.54) is 11.0 Å². The van der Waals surface area contributed by atoms with E-state index >= 15 is 0 Å². The maximum absolute atomic E-state index is 13.9. The number of rotatable bonds is 3. The molecule has 1 aromatic carbocycles. The van der Waals surface area contributed by atoms with Crippen LogP contribution in [0, 0.1) is 11.6 Å². The van der Waals surface area contributed by atoms with Crippen molar-refractivity contribution >= 4 is 17.5 Å². The number of halogens is 2. The van der Waals surface area contributed by atoms with Crippen LogP contribution < -0.4 is 9.80 Å². The molecule has 4 rings (SSSR count). The maximum atomic E-state index is 13.9. The quantitative estimate of drug-likeness (QED) is 0.775. The fraction of sp³-hybridized carbons (Fsp3) is 0.450. The Balaban J connectivity index is 1.36. The number of nitrogens with zero attached hydrogens (tertiary/aromatic N) is 6. The van der Waals surface area contributed by atoms with Gasteiger partial charge in [0.25, 0.3) is 5.91 Å². The van der Waals surface area contributed by atoms with Gasteiger partial charge in [0, 0.05) is 52.4 Å². The molecule has 0 spiro atoms. The summed E-state index contributed by atoms with van der Waals surface area (Å²) < 4.78 is 27.8. The molecule has 3 heterocycles. The summed E-state index contributed by atoms with van der Waals surface area (Å²) >= 11 is 0. The molecule has 0 bridgehead atoms. The minimum absolute atomic E-state index is 0.370. The van der Waals surface area contributed by atoms with Crippen LogP contribution in [0.5, 0.6) is 0 Å². The molecule has 29 heavy (non-hydrogen) atoms. The third-order valence-corrected chi connectivity index (χ3v) is 5.53. The number of hydrogen-bond donors (Lipinski definition) is 0. The van der Waals surface area contributed by atoms with Crippen molar-refractivity contribution in [3.05, 3.63) is 47.5 Å². The molecule has 1 amide bonds. The van der Waals surface area contributed by atoms with Crippen molar-refractivity contribution in [3.8, 4) is 0 Å². The van der Waals surface area contributed by atoms with Crippen LogP contribution >= 0.6 is 0 Å². The van der Waals surface area contributed by atoms with Gasteiger partial charge in [-0.25, -0.2) is 8.78 Å². The second-order valence-electron chi connectivity index (χ2n) is 7.42. The number of aromatic nitrogens is 2. The normalized spacial score (nSPS) is 18.2. The van der Waals surface area contributed by atoms with Crippen LogP contribution in [0.15, 0.2) is 30.3 Å². The van der Waals surface area contributed by atoms with Crippen LogP contribution in [-0.2, 0) is 0 Å². The lowest BCUT2D eigenvalue weighted by Gasteiger charge is -2.36. The van der Waals surface area contributed by atoms with Crippen molar-refractivity contribution in [3.63, 3.8) is 0 Å². The summed E-state index contributed by atoms with van der Waals surface area (Å²) in [7, 11) is 2.11. The van der Waals surface area contributed by atoms with Crippen molar-refractivity contribution in [1.29, 1.82) is 0 Å². The zero-order valence-electron chi connectivity index (χ0n) is 16.4. The first-order valence-corrected chi connectivity index (χ1v) is 9.78. The predicted octanol–water partition coefficient (Wildman–Crippen LogP) is 1.47. The van der Waals surface area contributed by atoms with E-state index in [1.54, 1.807) is 0 Å². The largest absolute Gasteiger partial charge is 0.353 e. The summed E-state index contributed by atoms with van der Waals surface area (Å²) in [6, 6.07) is 7.37. The smallest absolute Gasteiger partial charge is 0.259 e. The molecule has 0 saturated carbocycles. The van der Waals surface area contributed by atoms with Crippen LogP contribution in [0.25, 0.3) is 0 Å². The SMILES string of the molecule is CN1CCN(c2ccc(N3CCN(C(=O)c4c(F)cccc4F)CC3)nn2)CC1. The van der Waals surface area contributed by atoms with Crippen LogP contribution in [0.2, 0.25) is 0 Å². The first-order chi connectivity index (χ1) is 14.0. The number of hydrogen-bond acceptors (Lipinski definition) is 6. The summed E-state index contributed by atoms with van der Waals surface area (Å²) in [6.07, 6.45) is 0. The molecule has 0 atom stereocenters. The van der Waals surface area contributed by atoms with Gasteiger partial charge in [-0.15, -0.1) is 10.2 Å². The van der Waals surface area contributed by atoms with E-state index in [-0.39, 0.29) is 0 Å². The fourth-order valence-corrected chi connectivity index (χ4v) is 3.69. The van der Waals surface area contributed by atoms with Gasteiger partial charge in [0.05, 0.1) is 0 Å². The molecular formula is C20H24F2N6O. The molecule has 0 radical (unpaired) electrons. The van der Waals surface area contributed by atoms with E-state index in [0.29, 0.717) is 26.2 Å². The van der Waals surface area contributed by atoms with E-state index < -0.39 is 23.1 Å². The lowest BCUT2D eigenvalue weighted by molar-refractivity contribution is 0.0736. The average molecular weight is 402 g/mol. The standard InChI is InChI=1S/C20H24F2N6O/c1-25-7-9-26(10-8-25)17-5-6-18(24-23-17)27-11-13-28(14-12-27)20(29)19-15(21)3-2-4-16(19)22/h2-6H,7-14H2,1H3. The first kappa shape index (κ1) is 19.5. The Hall–Kier alpha value is -2.81. The van der Waals surface area contributed by atoms with Gasteiger partial charge in [-0.1, -0.05) is 6.07 Å². The molecule has 0 unspecified atom stereocenters.